The number of aliphatic imine (C=N–C) groups is 1. The second-order valence-electron chi connectivity index (χ2n) is 3.31. The average molecular weight is 226 g/mol. The zero-order chi connectivity index (χ0) is 10.3. The standard InChI is InChI=1S/C7H9F3N2OS/c8-7(9,10)5-3-2-14-6(11)12-4(3)1-13-5/h3-5H,1-2H2,(H2,11,12). The Morgan fingerprint density at radius 3 is 2.86 bits per heavy atom. The third-order valence-corrected chi connectivity index (χ3v) is 3.32. The van der Waals surface area contributed by atoms with E-state index in [-0.39, 0.29) is 6.61 Å². The Labute approximate surface area is 82.9 Å². The summed E-state index contributed by atoms with van der Waals surface area (Å²) in [6.07, 6.45) is -5.96. The van der Waals surface area contributed by atoms with Gasteiger partial charge in [0.05, 0.1) is 12.6 Å². The molecule has 3 nitrogen and oxygen atoms in total. The van der Waals surface area contributed by atoms with Gasteiger partial charge in [0.2, 0.25) is 0 Å². The maximum absolute atomic E-state index is 12.4. The van der Waals surface area contributed by atoms with E-state index < -0.39 is 24.2 Å². The van der Waals surface area contributed by atoms with Crippen molar-refractivity contribution in [1.29, 1.82) is 0 Å². The van der Waals surface area contributed by atoms with Crippen LogP contribution in [0.15, 0.2) is 4.99 Å². The lowest BCUT2D eigenvalue weighted by atomic mass is 9.99. The van der Waals surface area contributed by atoms with Crippen LogP contribution in [0.2, 0.25) is 0 Å². The van der Waals surface area contributed by atoms with E-state index in [1.807, 2.05) is 0 Å². The normalized spacial score (nSPS) is 37.9. The van der Waals surface area contributed by atoms with Crippen molar-refractivity contribution < 1.29 is 17.9 Å². The third kappa shape index (κ3) is 1.70. The van der Waals surface area contributed by atoms with Crippen LogP contribution in [0.3, 0.4) is 0 Å². The molecule has 2 aliphatic rings. The van der Waals surface area contributed by atoms with Gasteiger partial charge in [-0.25, -0.2) is 0 Å². The molecule has 0 radical (unpaired) electrons. The number of rotatable bonds is 0. The number of ether oxygens (including phenoxy) is 1. The topological polar surface area (TPSA) is 47.6 Å². The minimum absolute atomic E-state index is 0.0239. The molecule has 3 unspecified atom stereocenters. The summed E-state index contributed by atoms with van der Waals surface area (Å²) in [4.78, 5) is 3.94. The zero-order valence-corrected chi connectivity index (χ0v) is 7.94. The summed E-state index contributed by atoms with van der Waals surface area (Å²) >= 11 is 1.16. The number of alkyl halides is 3. The fourth-order valence-electron chi connectivity index (χ4n) is 1.70. The van der Waals surface area contributed by atoms with Gasteiger partial charge in [-0.3, -0.25) is 4.99 Å². The van der Waals surface area contributed by atoms with Gasteiger partial charge in [-0.05, 0) is 0 Å². The highest BCUT2D eigenvalue weighted by Crippen LogP contribution is 2.39. The molecular weight excluding hydrogens is 217 g/mol. The molecule has 2 aliphatic heterocycles. The molecule has 80 valence electrons. The van der Waals surface area contributed by atoms with Crippen LogP contribution in [0.5, 0.6) is 0 Å². The van der Waals surface area contributed by atoms with Crippen molar-refractivity contribution in [3.63, 3.8) is 0 Å². The minimum atomic E-state index is -4.29. The number of hydrogen-bond donors (Lipinski definition) is 1. The fourth-order valence-corrected chi connectivity index (χ4v) is 2.67. The molecule has 0 saturated carbocycles. The van der Waals surface area contributed by atoms with Crippen molar-refractivity contribution >= 4 is 16.9 Å². The monoisotopic (exact) mass is 226 g/mol. The molecule has 14 heavy (non-hydrogen) atoms. The van der Waals surface area contributed by atoms with Gasteiger partial charge in [0.15, 0.2) is 11.3 Å². The molecule has 0 amide bonds. The highest BCUT2D eigenvalue weighted by atomic mass is 32.2. The first kappa shape index (κ1) is 10.1. The lowest BCUT2D eigenvalue weighted by Gasteiger charge is -2.25. The summed E-state index contributed by atoms with van der Waals surface area (Å²) in [5, 5.41) is 0.359. The summed E-state index contributed by atoms with van der Waals surface area (Å²) < 4.78 is 42.0. The lowest BCUT2D eigenvalue weighted by molar-refractivity contribution is -0.214. The van der Waals surface area contributed by atoms with Crippen LogP contribution < -0.4 is 5.73 Å². The van der Waals surface area contributed by atoms with Crippen LogP contribution in [0, 0.1) is 5.92 Å². The number of nitrogens with two attached hydrogens (primary N) is 1. The number of nitrogens with zero attached hydrogens (tertiary/aromatic N) is 1. The van der Waals surface area contributed by atoms with Crippen LogP contribution in [0.1, 0.15) is 0 Å². The van der Waals surface area contributed by atoms with Gasteiger partial charge in [0.1, 0.15) is 0 Å². The van der Waals surface area contributed by atoms with Gasteiger partial charge in [0.25, 0.3) is 0 Å². The number of thioether (sulfide) groups is 1. The molecule has 3 atom stereocenters. The Balaban J connectivity index is 2.14. The van der Waals surface area contributed by atoms with Crippen molar-refractivity contribution in [2.45, 2.75) is 18.3 Å². The molecule has 0 aromatic heterocycles. The summed E-state index contributed by atoms with van der Waals surface area (Å²) in [5.41, 5.74) is 5.42. The molecule has 2 heterocycles. The predicted molar refractivity (Wildman–Crippen MR) is 47.2 cm³/mol. The maximum Gasteiger partial charge on any atom is 0.415 e. The van der Waals surface area contributed by atoms with E-state index in [1.54, 1.807) is 0 Å². The van der Waals surface area contributed by atoms with Crippen LogP contribution in [-0.2, 0) is 4.74 Å². The van der Waals surface area contributed by atoms with Gasteiger partial charge in [-0.15, -0.1) is 0 Å². The summed E-state index contributed by atoms with van der Waals surface area (Å²) in [7, 11) is 0. The van der Waals surface area contributed by atoms with Gasteiger partial charge in [-0.1, -0.05) is 11.8 Å². The second kappa shape index (κ2) is 3.30. The van der Waals surface area contributed by atoms with E-state index in [2.05, 4.69) is 4.99 Å². The third-order valence-electron chi connectivity index (χ3n) is 2.37. The van der Waals surface area contributed by atoms with Gasteiger partial charge in [-0.2, -0.15) is 13.2 Å². The molecule has 0 spiro atoms. The first-order chi connectivity index (χ1) is 6.48. The summed E-state index contributed by atoms with van der Waals surface area (Å²) in [6.45, 7) is 0.0239. The summed E-state index contributed by atoms with van der Waals surface area (Å²) in [5.74, 6) is -0.239. The van der Waals surface area contributed by atoms with E-state index in [1.165, 1.54) is 0 Å². The van der Waals surface area contributed by atoms with E-state index in [0.717, 1.165) is 11.8 Å². The number of amidine groups is 1. The van der Waals surface area contributed by atoms with Crippen molar-refractivity contribution in [2.24, 2.45) is 16.6 Å². The molecule has 1 fully saturated rings. The van der Waals surface area contributed by atoms with E-state index in [4.69, 9.17) is 10.5 Å². The highest BCUT2D eigenvalue weighted by molar-refractivity contribution is 8.13. The molecule has 0 aromatic carbocycles. The first-order valence-corrected chi connectivity index (χ1v) is 5.11. The summed E-state index contributed by atoms with van der Waals surface area (Å²) in [6, 6.07) is -0.414. The van der Waals surface area contributed by atoms with Crippen LogP contribution in [-0.4, -0.2) is 35.8 Å². The number of halogens is 3. The Hall–Kier alpha value is -0.430. The average Bonchev–Trinajstić information content (AvgIpc) is 2.45. The molecule has 2 N–H and O–H groups in total. The second-order valence-corrected chi connectivity index (χ2v) is 4.35. The zero-order valence-electron chi connectivity index (χ0n) is 7.12. The highest BCUT2D eigenvalue weighted by Gasteiger charge is 2.53. The number of hydrogen-bond acceptors (Lipinski definition) is 4. The Morgan fingerprint density at radius 1 is 1.50 bits per heavy atom. The lowest BCUT2D eigenvalue weighted by Crippen LogP contribution is -2.39. The van der Waals surface area contributed by atoms with E-state index >= 15 is 0 Å². The van der Waals surface area contributed by atoms with Gasteiger partial charge < -0.3 is 10.5 Å². The smallest absolute Gasteiger partial charge is 0.379 e. The van der Waals surface area contributed by atoms with Crippen molar-refractivity contribution in [3.05, 3.63) is 0 Å². The molecular formula is C7H9F3N2OS. The minimum Gasteiger partial charge on any atom is -0.379 e. The largest absolute Gasteiger partial charge is 0.415 e. The van der Waals surface area contributed by atoms with Crippen molar-refractivity contribution in [1.82, 2.24) is 0 Å². The molecule has 0 aliphatic carbocycles. The Kier molecular flexibility index (Phi) is 2.38. The predicted octanol–water partition coefficient (Wildman–Crippen LogP) is 0.994. The Morgan fingerprint density at radius 2 is 2.21 bits per heavy atom. The van der Waals surface area contributed by atoms with Gasteiger partial charge >= 0.3 is 6.18 Å². The van der Waals surface area contributed by atoms with Crippen molar-refractivity contribution in [2.75, 3.05) is 12.4 Å². The Bertz CT molecular complexity index is 268. The van der Waals surface area contributed by atoms with Crippen LogP contribution in [0.25, 0.3) is 0 Å². The van der Waals surface area contributed by atoms with Crippen LogP contribution >= 0.6 is 11.8 Å². The number of fused-ring (bicyclic) bond motifs is 1. The fraction of sp³-hybridized carbons (Fsp3) is 0.857. The molecule has 0 bridgehead atoms. The van der Waals surface area contributed by atoms with Crippen LogP contribution in [0.4, 0.5) is 13.2 Å². The van der Waals surface area contributed by atoms with Crippen molar-refractivity contribution in [3.8, 4) is 0 Å². The maximum atomic E-state index is 12.4. The molecule has 7 heteroatoms. The molecule has 1 saturated heterocycles. The van der Waals surface area contributed by atoms with E-state index in [0.29, 0.717) is 10.9 Å². The molecule has 2 rings (SSSR count). The first-order valence-electron chi connectivity index (χ1n) is 4.13. The van der Waals surface area contributed by atoms with Gasteiger partial charge in [0, 0.05) is 11.7 Å². The molecule has 0 aromatic rings. The SMILES string of the molecule is NC1=NC2COC(C(F)(F)F)C2CS1. The quantitative estimate of drug-likeness (QED) is 0.670. The van der Waals surface area contributed by atoms with E-state index in [9.17, 15) is 13.2 Å².